The first-order valence-corrected chi connectivity index (χ1v) is 8.38. The molecule has 0 amide bonds. The van der Waals surface area contributed by atoms with Gasteiger partial charge >= 0.3 is 0 Å². The van der Waals surface area contributed by atoms with Crippen molar-refractivity contribution in [1.82, 2.24) is 19.5 Å². The highest BCUT2D eigenvalue weighted by Gasteiger charge is 2.34. The van der Waals surface area contributed by atoms with Gasteiger partial charge in [0.1, 0.15) is 11.8 Å². The maximum atomic E-state index is 9.80. The van der Waals surface area contributed by atoms with E-state index in [2.05, 4.69) is 24.8 Å². The Hall–Kier alpha value is -1.69. The summed E-state index contributed by atoms with van der Waals surface area (Å²) in [5.74, 6) is 0.762. The molecule has 2 heterocycles. The second kappa shape index (κ2) is 5.50. The summed E-state index contributed by atoms with van der Waals surface area (Å²) in [4.78, 5) is 13.4. The quantitative estimate of drug-likeness (QED) is 0.908. The number of aromatic nitrogens is 4. The fourth-order valence-electron chi connectivity index (χ4n) is 4.02. The molecule has 22 heavy (non-hydrogen) atoms. The number of nitrogens with zero attached hydrogens (tertiary/aromatic N) is 4. The molecule has 0 aromatic carbocycles. The number of anilines is 1. The van der Waals surface area contributed by atoms with E-state index in [1.165, 1.54) is 25.7 Å². The number of nitrogens with one attached hydrogen (secondary N) is 1. The molecule has 2 fully saturated rings. The van der Waals surface area contributed by atoms with Gasteiger partial charge in [0.05, 0.1) is 18.5 Å². The van der Waals surface area contributed by atoms with Crippen LogP contribution in [-0.4, -0.2) is 36.8 Å². The van der Waals surface area contributed by atoms with Crippen molar-refractivity contribution in [2.45, 2.75) is 62.9 Å². The lowest BCUT2D eigenvalue weighted by molar-refractivity contribution is 0.214. The van der Waals surface area contributed by atoms with Crippen molar-refractivity contribution in [3.05, 3.63) is 12.7 Å². The molecule has 0 saturated heterocycles. The van der Waals surface area contributed by atoms with Crippen molar-refractivity contribution >= 4 is 17.0 Å². The van der Waals surface area contributed by atoms with Crippen LogP contribution in [0, 0.1) is 0 Å². The first-order valence-electron chi connectivity index (χ1n) is 8.38. The SMILES string of the molecule is OCC1(Nc2ncnc3c2ncn3C2CCCC2)CCCC1. The van der Waals surface area contributed by atoms with Gasteiger partial charge in [-0.2, -0.15) is 0 Å². The Morgan fingerprint density at radius 1 is 1.14 bits per heavy atom. The molecule has 2 aliphatic rings. The van der Waals surface area contributed by atoms with Crippen LogP contribution in [0.5, 0.6) is 0 Å². The van der Waals surface area contributed by atoms with Crippen LogP contribution in [0.3, 0.4) is 0 Å². The number of rotatable bonds is 4. The van der Waals surface area contributed by atoms with Crippen LogP contribution in [0.25, 0.3) is 11.2 Å². The summed E-state index contributed by atoms with van der Waals surface area (Å²) in [5.41, 5.74) is 1.50. The van der Waals surface area contributed by atoms with Gasteiger partial charge in [0.15, 0.2) is 11.5 Å². The minimum absolute atomic E-state index is 0.141. The Morgan fingerprint density at radius 2 is 1.91 bits per heavy atom. The smallest absolute Gasteiger partial charge is 0.165 e. The van der Waals surface area contributed by atoms with E-state index in [1.54, 1.807) is 6.33 Å². The molecule has 2 N–H and O–H groups in total. The van der Waals surface area contributed by atoms with Crippen LogP contribution in [-0.2, 0) is 0 Å². The molecule has 0 bridgehead atoms. The van der Waals surface area contributed by atoms with E-state index >= 15 is 0 Å². The molecule has 0 aliphatic heterocycles. The Balaban J connectivity index is 1.69. The molecular weight excluding hydrogens is 278 g/mol. The average Bonchev–Trinajstić information content (AvgIpc) is 3.28. The van der Waals surface area contributed by atoms with E-state index in [4.69, 9.17) is 0 Å². The Bertz CT molecular complexity index is 656. The monoisotopic (exact) mass is 301 g/mol. The normalized spacial score (nSPS) is 21.7. The lowest BCUT2D eigenvalue weighted by atomic mass is 9.99. The zero-order valence-corrected chi connectivity index (χ0v) is 12.8. The molecule has 0 atom stereocenters. The first-order chi connectivity index (χ1) is 10.8. The summed E-state index contributed by atoms with van der Waals surface area (Å²) in [5, 5.41) is 13.3. The highest BCUT2D eigenvalue weighted by atomic mass is 16.3. The summed E-state index contributed by atoms with van der Waals surface area (Å²) >= 11 is 0. The number of imidazole rings is 1. The number of fused-ring (bicyclic) bond motifs is 1. The van der Waals surface area contributed by atoms with Crippen LogP contribution in [0.2, 0.25) is 0 Å². The molecule has 6 nitrogen and oxygen atoms in total. The molecule has 2 saturated carbocycles. The van der Waals surface area contributed by atoms with Gasteiger partial charge in [-0.15, -0.1) is 0 Å². The predicted molar refractivity (Wildman–Crippen MR) is 84.7 cm³/mol. The van der Waals surface area contributed by atoms with Crippen molar-refractivity contribution in [2.24, 2.45) is 0 Å². The third kappa shape index (κ3) is 2.26. The zero-order chi connectivity index (χ0) is 15.0. The Labute approximate surface area is 130 Å². The third-order valence-electron chi connectivity index (χ3n) is 5.32. The van der Waals surface area contributed by atoms with Crippen LogP contribution < -0.4 is 5.32 Å². The number of aliphatic hydroxyl groups excluding tert-OH is 1. The summed E-state index contributed by atoms with van der Waals surface area (Å²) in [6.45, 7) is 0.141. The molecule has 2 aliphatic carbocycles. The molecule has 118 valence electrons. The number of aliphatic hydroxyl groups is 1. The largest absolute Gasteiger partial charge is 0.394 e. The predicted octanol–water partition coefficient (Wildman–Crippen LogP) is 2.66. The van der Waals surface area contributed by atoms with Gasteiger partial charge in [0.2, 0.25) is 0 Å². The molecule has 0 spiro atoms. The Kier molecular flexibility index (Phi) is 3.48. The summed E-state index contributed by atoms with van der Waals surface area (Å²) in [6.07, 6.45) is 12.8. The van der Waals surface area contributed by atoms with E-state index in [0.717, 1.165) is 42.7 Å². The molecule has 4 rings (SSSR count). The fraction of sp³-hybridized carbons (Fsp3) is 0.688. The van der Waals surface area contributed by atoms with Gasteiger partial charge < -0.3 is 15.0 Å². The standard InChI is InChI=1S/C16H23N5O/c22-9-16(7-3-4-8-16)20-14-13-15(18-10-17-14)21(11-19-13)12-5-1-2-6-12/h10-12,22H,1-9H2,(H,17,18,20). The number of hydrogen-bond donors (Lipinski definition) is 2. The lowest BCUT2D eigenvalue weighted by Crippen LogP contribution is -2.39. The van der Waals surface area contributed by atoms with Gasteiger partial charge in [-0.1, -0.05) is 25.7 Å². The maximum absolute atomic E-state index is 9.80. The zero-order valence-electron chi connectivity index (χ0n) is 12.8. The summed E-state index contributed by atoms with van der Waals surface area (Å²) < 4.78 is 2.20. The summed E-state index contributed by atoms with van der Waals surface area (Å²) in [6, 6.07) is 0.519. The topological polar surface area (TPSA) is 75.9 Å². The van der Waals surface area contributed by atoms with Crippen LogP contribution in [0.15, 0.2) is 12.7 Å². The van der Waals surface area contributed by atoms with Crippen molar-refractivity contribution in [3.8, 4) is 0 Å². The maximum Gasteiger partial charge on any atom is 0.165 e. The van der Waals surface area contributed by atoms with E-state index in [-0.39, 0.29) is 12.1 Å². The molecular formula is C16H23N5O. The van der Waals surface area contributed by atoms with Gasteiger partial charge in [0.25, 0.3) is 0 Å². The van der Waals surface area contributed by atoms with E-state index in [1.807, 2.05) is 6.33 Å². The van der Waals surface area contributed by atoms with E-state index in [9.17, 15) is 5.11 Å². The molecule has 0 radical (unpaired) electrons. The molecule has 2 aromatic rings. The minimum atomic E-state index is -0.238. The summed E-state index contributed by atoms with van der Waals surface area (Å²) in [7, 11) is 0. The van der Waals surface area contributed by atoms with E-state index < -0.39 is 0 Å². The second-order valence-corrected chi connectivity index (χ2v) is 6.76. The van der Waals surface area contributed by atoms with Crippen LogP contribution >= 0.6 is 0 Å². The highest BCUT2D eigenvalue weighted by Crippen LogP contribution is 2.35. The molecule has 6 heteroatoms. The fourth-order valence-corrected chi connectivity index (χ4v) is 4.02. The van der Waals surface area contributed by atoms with Gasteiger partial charge in [-0.3, -0.25) is 0 Å². The van der Waals surface area contributed by atoms with Crippen LogP contribution in [0.1, 0.15) is 57.4 Å². The third-order valence-corrected chi connectivity index (χ3v) is 5.32. The Morgan fingerprint density at radius 3 is 2.64 bits per heavy atom. The van der Waals surface area contributed by atoms with Gasteiger partial charge in [-0.25, -0.2) is 15.0 Å². The number of hydrogen-bond acceptors (Lipinski definition) is 5. The van der Waals surface area contributed by atoms with Gasteiger partial charge in [-0.05, 0) is 25.7 Å². The molecule has 2 aromatic heterocycles. The van der Waals surface area contributed by atoms with Crippen molar-refractivity contribution in [3.63, 3.8) is 0 Å². The molecule has 0 unspecified atom stereocenters. The lowest BCUT2D eigenvalue weighted by Gasteiger charge is -2.28. The van der Waals surface area contributed by atoms with Crippen molar-refractivity contribution in [1.29, 1.82) is 0 Å². The average molecular weight is 301 g/mol. The van der Waals surface area contributed by atoms with Crippen LogP contribution in [0.4, 0.5) is 5.82 Å². The van der Waals surface area contributed by atoms with E-state index in [0.29, 0.717) is 6.04 Å². The minimum Gasteiger partial charge on any atom is -0.394 e. The van der Waals surface area contributed by atoms with Crippen molar-refractivity contribution < 1.29 is 5.11 Å². The van der Waals surface area contributed by atoms with Gasteiger partial charge in [0, 0.05) is 6.04 Å². The first kappa shape index (κ1) is 13.9. The highest BCUT2D eigenvalue weighted by molar-refractivity contribution is 5.83. The second-order valence-electron chi connectivity index (χ2n) is 6.76. The van der Waals surface area contributed by atoms with Crippen molar-refractivity contribution in [2.75, 3.05) is 11.9 Å².